The second kappa shape index (κ2) is 5.96. The lowest BCUT2D eigenvalue weighted by Crippen LogP contribution is -2.48. The zero-order valence-electron chi connectivity index (χ0n) is 11.7. The zero-order valence-corrected chi connectivity index (χ0v) is 13.4. The van der Waals surface area contributed by atoms with Crippen molar-refractivity contribution in [2.75, 3.05) is 19.5 Å². The largest absolute Gasteiger partial charge is 0.394 e. The van der Waals surface area contributed by atoms with E-state index in [0.717, 1.165) is 17.6 Å². The Balaban J connectivity index is 2.15. The molecule has 2 aromatic rings. The molecule has 1 aliphatic rings. The van der Waals surface area contributed by atoms with E-state index in [2.05, 4.69) is 11.1 Å². The summed E-state index contributed by atoms with van der Waals surface area (Å²) in [7, 11) is 0. The van der Waals surface area contributed by atoms with E-state index >= 15 is 0 Å². The van der Waals surface area contributed by atoms with Gasteiger partial charge in [0.15, 0.2) is 0 Å². The van der Waals surface area contributed by atoms with E-state index in [1.165, 1.54) is 22.7 Å². The first-order valence-electron chi connectivity index (χ1n) is 6.88. The predicted octanol–water partition coefficient (Wildman–Crippen LogP) is 2.07. The van der Waals surface area contributed by atoms with Gasteiger partial charge in [-0.15, -0.1) is 11.8 Å². The van der Waals surface area contributed by atoms with Crippen LogP contribution in [-0.4, -0.2) is 49.9 Å². The summed E-state index contributed by atoms with van der Waals surface area (Å²) in [4.78, 5) is 5.39. The van der Waals surface area contributed by atoms with Crippen molar-refractivity contribution in [3.63, 3.8) is 0 Å². The van der Waals surface area contributed by atoms with Gasteiger partial charge in [0, 0.05) is 16.6 Å². The highest BCUT2D eigenvalue weighted by Crippen LogP contribution is 2.38. The van der Waals surface area contributed by atoms with Crippen molar-refractivity contribution in [2.24, 2.45) is 0 Å². The van der Waals surface area contributed by atoms with E-state index in [4.69, 9.17) is 12.2 Å². The molecular formula is C15H18N2O2S2. The molecule has 4 nitrogen and oxygen atoms in total. The summed E-state index contributed by atoms with van der Waals surface area (Å²) in [5.41, 5.74) is 3.26. The maximum atomic E-state index is 9.88. The van der Waals surface area contributed by atoms with E-state index < -0.39 is 0 Å². The lowest BCUT2D eigenvalue weighted by Gasteiger charge is -2.41. The molecule has 0 bridgehead atoms. The molecule has 1 aromatic carbocycles. The van der Waals surface area contributed by atoms with Crippen LogP contribution in [0.4, 0.5) is 0 Å². The molecule has 0 unspecified atom stereocenters. The van der Waals surface area contributed by atoms with Gasteiger partial charge in [-0.25, -0.2) is 0 Å². The van der Waals surface area contributed by atoms with Crippen molar-refractivity contribution < 1.29 is 10.2 Å². The molecule has 0 amide bonds. The van der Waals surface area contributed by atoms with Crippen molar-refractivity contribution in [1.82, 2.24) is 9.88 Å². The normalized spacial score (nSPS) is 21.6. The summed E-state index contributed by atoms with van der Waals surface area (Å²) in [6.07, 6.45) is 2.65. The molecule has 21 heavy (non-hydrogen) atoms. The van der Waals surface area contributed by atoms with Gasteiger partial charge in [0.25, 0.3) is 0 Å². The smallest absolute Gasteiger partial charge is 0.137 e. The topological polar surface area (TPSA) is 59.5 Å². The number of aliphatic hydroxyl groups excluding tert-OH is 2. The molecule has 2 atom stereocenters. The number of aliphatic hydroxyl groups is 2. The van der Waals surface area contributed by atoms with Crippen LogP contribution in [0.3, 0.4) is 0 Å². The number of thioether (sulfide) groups is 1. The second-order valence-corrected chi connectivity index (χ2v) is 6.62. The number of aromatic nitrogens is 1. The minimum Gasteiger partial charge on any atom is -0.394 e. The summed E-state index contributed by atoms with van der Waals surface area (Å²) < 4.78 is 0.706. The van der Waals surface area contributed by atoms with Crippen molar-refractivity contribution in [3.05, 3.63) is 35.5 Å². The summed E-state index contributed by atoms with van der Waals surface area (Å²) >= 11 is 6.90. The Kier molecular flexibility index (Phi) is 4.21. The molecular weight excluding hydrogens is 304 g/mol. The van der Waals surface area contributed by atoms with E-state index in [1.807, 2.05) is 29.4 Å². The number of rotatable bonds is 2. The Hall–Kier alpha value is -1.08. The molecule has 2 heterocycles. The monoisotopic (exact) mass is 322 g/mol. The molecule has 1 aliphatic heterocycles. The van der Waals surface area contributed by atoms with Crippen LogP contribution in [0.25, 0.3) is 10.9 Å². The van der Waals surface area contributed by atoms with Crippen LogP contribution >= 0.6 is 24.0 Å². The molecule has 0 saturated carbocycles. The minimum atomic E-state index is -0.224. The van der Waals surface area contributed by atoms with Gasteiger partial charge in [-0.3, -0.25) is 0 Å². The number of hydrogen-bond donors (Lipinski definition) is 3. The van der Waals surface area contributed by atoms with Gasteiger partial charge < -0.3 is 20.1 Å². The fraction of sp³-hybridized carbons (Fsp3) is 0.400. The predicted molar refractivity (Wildman–Crippen MR) is 90.7 cm³/mol. The maximum absolute atomic E-state index is 9.88. The molecule has 3 rings (SSSR count). The van der Waals surface area contributed by atoms with Gasteiger partial charge in [-0.1, -0.05) is 30.4 Å². The number of para-hydroxylation sites is 1. The number of hydrogen-bond acceptors (Lipinski definition) is 4. The highest BCUT2D eigenvalue weighted by atomic mass is 32.2. The lowest BCUT2D eigenvalue weighted by atomic mass is 9.93. The van der Waals surface area contributed by atoms with Gasteiger partial charge in [0.2, 0.25) is 0 Å². The number of aromatic amines is 1. The Morgan fingerprint density at radius 1 is 1.38 bits per heavy atom. The molecule has 0 saturated heterocycles. The summed E-state index contributed by atoms with van der Waals surface area (Å²) in [5.74, 6) is 0. The first-order valence-corrected chi connectivity index (χ1v) is 8.52. The van der Waals surface area contributed by atoms with Gasteiger partial charge in [0.05, 0.1) is 25.3 Å². The highest BCUT2D eigenvalue weighted by Gasteiger charge is 2.37. The highest BCUT2D eigenvalue weighted by molar-refractivity contribution is 8.22. The number of benzene rings is 1. The quantitative estimate of drug-likeness (QED) is 0.739. The molecule has 0 fully saturated rings. The van der Waals surface area contributed by atoms with Crippen LogP contribution in [0.5, 0.6) is 0 Å². The Bertz CT molecular complexity index is 671. The van der Waals surface area contributed by atoms with Crippen LogP contribution in [0.1, 0.15) is 17.3 Å². The number of nitrogens with one attached hydrogen (secondary N) is 1. The van der Waals surface area contributed by atoms with Crippen LogP contribution in [0.2, 0.25) is 0 Å². The molecule has 1 aromatic heterocycles. The van der Waals surface area contributed by atoms with Crippen LogP contribution in [0, 0.1) is 0 Å². The molecule has 0 spiro atoms. The third kappa shape index (κ3) is 2.36. The van der Waals surface area contributed by atoms with Crippen LogP contribution in [0.15, 0.2) is 24.3 Å². The van der Waals surface area contributed by atoms with E-state index in [-0.39, 0.29) is 25.3 Å². The van der Waals surface area contributed by atoms with Crippen molar-refractivity contribution in [3.8, 4) is 0 Å². The average molecular weight is 322 g/mol. The average Bonchev–Trinajstić information content (AvgIpc) is 2.90. The minimum absolute atomic E-state index is 0.0240. The fourth-order valence-corrected chi connectivity index (χ4v) is 3.93. The van der Waals surface area contributed by atoms with Gasteiger partial charge in [-0.05, 0) is 24.3 Å². The molecule has 112 valence electrons. The van der Waals surface area contributed by atoms with Crippen molar-refractivity contribution in [1.29, 1.82) is 0 Å². The van der Waals surface area contributed by atoms with E-state index in [0.29, 0.717) is 4.32 Å². The Labute approximate surface area is 133 Å². The Morgan fingerprint density at radius 2 is 2.14 bits per heavy atom. The number of H-pyrrole nitrogens is 1. The number of thiocarbonyl (C=S) groups is 1. The second-order valence-electron chi connectivity index (χ2n) is 5.18. The SMILES string of the molecule is CSC(=S)N1[C@@H](CO)Cc2c([nH]c3ccccc23)[C@@H]1CO. The number of fused-ring (bicyclic) bond motifs is 3. The molecule has 0 radical (unpaired) electrons. The summed E-state index contributed by atoms with van der Waals surface area (Å²) in [6, 6.07) is 7.80. The van der Waals surface area contributed by atoms with Crippen molar-refractivity contribution in [2.45, 2.75) is 18.5 Å². The molecule has 0 aliphatic carbocycles. The first-order chi connectivity index (χ1) is 10.2. The van der Waals surface area contributed by atoms with E-state index in [9.17, 15) is 10.2 Å². The van der Waals surface area contributed by atoms with Crippen molar-refractivity contribution >= 4 is 39.2 Å². The standard InChI is InChI=1S/C15H18N2O2S2/c1-21-15(20)17-9(7-18)6-11-10-4-2-3-5-12(10)16-14(11)13(17)8-19/h2-5,9,13,16,18-19H,6-8H2,1H3/t9-,13+/m1/s1. The van der Waals surface area contributed by atoms with Crippen LogP contribution in [-0.2, 0) is 6.42 Å². The third-order valence-corrected chi connectivity index (χ3v) is 5.39. The van der Waals surface area contributed by atoms with Gasteiger partial charge >= 0.3 is 0 Å². The van der Waals surface area contributed by atoms with Gasteiger partial charge in [0.1, 0.15) is 4.32 Å². The van der Waals surface area contributed by atoms with Crippen LogP contribution < -0.4 is 0 Å². The number of nitrogens with zero attached hydrogens (tertiary/aromatic N) is 1. The first kappa shape index (κ1) is 14.8. The Morgan fingerprint density at radius 3 is 2.81 bits per heavy atom. The zero-order chi connectivity index (χ0) is 15.0. The fourth-order valence-electron chi connectivity index (χ4n) is 3.17. The van der Waals surface area contributed by atoms with E-state index in [1.54, 1.807) is 0 Å². The molecule has 3 N–H and O–H groups in total. The van der Waals surface area contributed by atoms with Gasteiger partial charge in [-0.2, -0.15) is 0 Å². The maximum Gasteiger partial charge on any atom is 0.137 e. The summed E-state index contributed by atoms with van der Waals surface area (Å²) in [6.45, 7) is -0.00678. The lowest BCUT2D eigenvalue weighted by molar-refractivity contribution is 0.101. The third-order valence-electron chi connectivity index (χ3n) is 4.12. The summed E-state index contributed by atoms with van der Waals surface area (Å²) in [5, 5.41) is 20.8. The molecule has 6 heteroatoms.